The van der Waals surface area contributed by atoms with E-state index in [1.54, 1.807) is 7.11 Å². The van der Waals surface area contributed by atoms with Gasteiger partial charge in [-0.1, -0.05) is 6.82 Å². The number of rotatable bonds is 4. The smallest absolute Gasteiger partial charge is 0.272 e. The third kappa shape index (κ3) is 2.49. The van der Waals surface area contributed by atoms with Gasteiger partial charge in [0, 0.05) is 7.11 Å². The third-order valence-electron chi connectivity index (χ3n) is 2.47. The van der Waals surface area contributed by atoms with Crippen LogP contribution in [0, 0.1) is 0 Å². The second-order valence-electron chi connectivity index (χ2n) is 3.66. The van der Waals surface area contributed by atoms with Gasteiger partial charge in [0.1, 0.15) is 0 Å². The van der Waals surface area contributed by atoms with Crippen molar-refractivity contribution in [3.05, 3.63) is 0 Å². The van der Waals surface area contributed by atoms with E-state index in [1.165, 1.54) is 0 Å². The molecule has 0 N–H and O–H groups in total. The molecular weight excluding hydrogens is 139 g/mol. The molecule has 0 aliphatic rings. The van der Waals surface area contributed by atoms with Gasteiger partial charge in [-0.2, -0.15) is 0 Å². The van der Waals surface area contributed by atoms with Crippen molar-refractivity contribution in [2.45, 2.75) is 45.7 Å². The van der Waals surface area contributed by atoms with Crippen LogP contribution >= 0.6 is 0 Å². The zero-order chi connectivity index (χ0) is 9.12. The maximum Gasteiger partial charge on any atom is 0.272 e. The molecule has 0 atom stereocenters. The van der Waals surface area contributed by atoms with Crippen LogP contribution in [0.5, 0.6) is 0 Å². The molecule has 0 rings (SSSR count). The van der Waals surface area contributed by atoms with E-state index in [4.69, 9.17) is 9.39 Å². The van der Waals surface area contributed by atoms with Crippen molar-refractivity contribution in [1.82, 2.24) is 0 Å². The van der Waals surface area contributed by atoms with E-state index in [1.807, 2.05) is 34.5 Å². The maximum absolute atomic E-state index is 5.56. The highest BCUT2D eigenvalue weighted by Gasteiger charge is 2.37. The summed E-state index contributed by atoms with van der Waals surface area (Å²) in [5, 5.41) is 0. The Morgan fingerprint density at radius 3 is 1.73 bits per heavy atom. The van der Waals surface area contributed by atoms with E-state index in [0.717, 1.165) is 7.48 Å². The Morgan fingerprint density at radius 2 is 1.45 bits per heavy atom. The minimum Gasteiger partial charge on any atom is -0.432 e. The van der Waals surface area contributed by atoms with E-state index in [-0.39, 0.29) is 11.2 Å². The molecule has 0 heterocycles. The molecule has 0 aromatic heterocycles. The van der Waals surface area contributed by atoms with Gasteiger partial charge in [0.25, 0.3) is 7.48 Å². The van der Waals surface area contributed by atoms with E-state index >= 15 is 0 Å². The first-order valence-corrected chi connectivity index (χ1v) is 4.06. The van der Waals surface area contributed by atoms with Crippen LogP contribution in [0.3, 0.4) is 0 Å². The molecule has 0 aliphatic carbocycles. The van der Waals surface area contributed by atoms with Gasteiger partial charge >= 0.3 is 0 Å². The molecule has 2 nitrogen and oxygen atoms in total. The Kier molecular flexibility index (Phi) is 3.58. The Hall–Kier alpha value is -0.0151. The lowest BCUT2D eigenvalue weighted by Gasteiger charge is -2.40. The first-order chi connectivity index (χ1) is 4.87. The first kappa shape index (κ1) is 11.0. The van der Waals surface area contributed by atoms with Gasteiger partial charge in [0.15, 0.2) is 0 Å². The SMILES string of the molecule is CBOC(C)(C)C(C)(C)OC. The number of methoxy groups -OCH3 is 1. The second-order valence-corrected chi connectivity index (χ2v) is 3.66. The Bertz CT molecular complexity index is 121. The fourth-order valence-corrected chi connectivity index (χ4v) is 0.780. The quantitative estimate of drug-likeness (QED) is 0.578. The molecule has 0 unspecified atom stereocenters. The Balaban J connectivity index is 4.26. The van der Waals surface area contributed by atoms with Gasteiger partial charge in [-0.15, -0.1) is 0 Å². The summed E-state index contributed by atoms with van der Waals surface area (Å²) in [4.78, 5) is 0. The first-order valence-electron chi connectivity index (χ1n) is 4.06. The van der Waals surface area contributed by atoms with Crippen molar-refractivity contribution in [3.8, 4) is 0 Å². The maximum atomic E-state index is 5.56. The molecule has 0 fully saturated rings. The van der Waals surface area contributed by atoms with Gasteiger partial charge in [-0.05, 0) is 27.7 Å². The summed E-state index contributed by atoms with van der Waals surface area (Å²) in [5.74, 6) is 0. The molecule has 0 bridgehead atoms. The Morgan fingerprint density at radius 1 is 1.00 bits per heavy atom. The fourth-order valence-electron chi connectivity index (χ4n) is 0.780. The summed E-state index contributed by atoms with van der Waals surface area (Å²) in [5.41, 5.74) is -0.459. The molecule has 66 valence electrons. The van der Waals surface area contributed by atoms with Crippen molar-refractivity contribution in [3.63, 3.8) is 0 Å². The highest BCUT2D eigenvalue weighted by molar-refractivity contribution is 6.25. The molecule has 0 aliphatic heterocycles. The minimum atomic E-state index is -0.233. The predicted octanol–water partition coefficient (Wildman–Crippen LogP) is 1.61. The van der Waals surface area contributed by atoms with Crippen LogP contribution in [0.25, 0.3) is 0 Å². The highest BCUT2D eigenvalue weighted by atomic mass is 16.5. The summed E-state index contributed by atoms with van der Waals surface area (Å²) in [6.45, 7) is 10.1. The molecule has 0 radical (unpaired) electrons. The van der Waals surface area contributed by atoms with Crippen LogP contribution < -0.4 is 0 Å². The van der Waals surface area contributed by atoms with Crippen LogP contribution in [0.15, 0.2) is 0 Å². The highest BCUT2D eigenvalue weighted by Crippen LogP contribution is 2.27. The predicted molar refractivity (Wildman–Crippen MR) is 49.3 cm³/mol. The monoisotopic (exact) mass is 158 g/mol. The van der Waals surface area contributed by atoms with Crippen molar-refractivity contribution in [2.75, 3.05) is 7.11 Å². The van der Waals surface area contributed by atoms with Gasteiger partial charge in [-0.3, -0.25) is 0 Å². The molecular formula is C8H19BO2. The summed E-state index contributed by atoms with van der Waals surface area (Å²) in [7, 11) is 2.43. The normalized spacial score (nSPS) is 13.3. The van der Waals surface area contributed by atoms with Crippen LogP contribution in [0.1, 0.15) is 27.7 Å². The standard InChI is InChI=1S/C8H19BO2/c1-7(2,10-6)8(3,4)11-9-5/h9H,1-6H3. The topological polar surface area (TPSA) is 18.5 Å². The summed E-state index contributed by atoms with van der Waals surface area (Å²) >= 11 is 0. The minimum absolute atomic E-state index is 0.226. The van der Waals surface area contributed by atoms with Crippen molar-refractivity contribution < 1.29 is 9.39 Å². The molecule has 0 saturated heterocycles. The molecule has 0 saturated carbocycles. The number of hydrogen-bond donors (Lipinski definition) is 0. The van der Waals surface area contributed by atoms with Crippen molar-refractivity contribution in [1.29, 1.82) is 0 Å². The van der Waals surface area contributed by atoms with Gasteiger partial charge in [0.2, 0.25) is 0 Å². The zero-order valence-corrected chi connectivity index (χ0v) is 8.52. The third-order valence-corrected chi connectivity index (χ3v) is 2.47. The van der Waals surface area contributed by atoms with Crippen molar-refractivity contribution >= 4 is 7.48 Å². The average molecular weight is 158 g/mol. The van der Waals surface area contributed by atoms with E-state index in [9.17, 15) is 0 Å². The molecule has 0 aromatic carbocycles. The number of ether oxygens (including phenoxy) is 1. The molecule has 11 heavy (non-hydrogen) atoms. The van der Waals surface area contributed by atoms with Gasteiger partial charge < -0.3 is 9.39 Å². The lowest BCUT2D eigenvalue weighted by atomic mass is 9.87. The lowest BCUT2D eigenvalue weighted by Crippen LogP contribution is -2.49. The van der Waals surface area contributed by atoms with Crippen LogP contribution in [-0.2, 0) is 9.39 Å². The second kappa shape index (κ2) is 3.59. The molecule has 3 heteroatoms. The molecule has 0 spiro atoms. The largest absolute Gasteiger partial charge is 0.432 e. The Labute approximate surface area is 70.5 Å². The molecule has 0 amide bonds. The zero-order valence-electron chi connectivity index (χ0n) is 8.52. The van der Waals surface area contributed by atoms with E-state index in [2.05, 4.69) is 0 Å². The van der Waals surface area contributed by atoms with Gasteiger partial charge in [0.05, 0.1) is 11.2 Å². The van der Waals surface area contributed by atoms with Crippen LogP contribution in [0.4, 0.5) is 0 Å². The lowest BCUT2D eigenvalue weighted by molar-refractivity contribution is -0.114. The molecule has 0 aromatic rings. The van der Waals surface area contributed by atoms with Crippen LogP contribution in [-0.4, -0.2) is 25.8 Å². The summed E-state index contributed by atoms with van der Waals surface area (Å²) < 4.78 is 10.9. The summed E-state index contributed by atoms with van der Waals surface area (Å²) in [6.07, 6.45) is 0. The van der Waals surface area contributed by atoms with Crippen LogP contribution in [0.2, 0.25) is 6.82 Å². The summed E-state index contributed by atoms with van der Waals surface area (Å²) in [6, 6.07) is 0. The van der Waals surface area contributed by atoms with E-state index < -0.39 is 0 Å². The van der Waals surface area contributed by atoms with Gasteiger partial charge in [-0.25, -0.2) is 0 Å². The number of hydrogen-bond acceptors (Lipinski definition) is 2. The van der Waals surface area contributed by atoms with Crippen molar-refractivity contribution in [2.24, 2.45) is 0 Å². The van der Waals surface area contributed by atoms with E-state index in [0.29, 0.717) is 0 Å². The average Bonchev–Trinajstić information content (AvgIpc) is 1.87. The fraction of sp³-hybridized carbons (Fsp3) is 1.00.